The summed E-state index contributed by atoms with van der Waals surface area (Å²) in [5, 5.41) is 14.2. The van der Waals surface area contributed by atoms with Gasteiger partial charge in [0.05, 0.1) is 17.8 Å². The minimum absolute atomic E-state index is 0.481. The topological polar surface area (TPSA) is 50.9 Å². The van der Waals surface area contributed by atoms with Crippen LogP contribution in [-0.2, 0) is 13.0 Å². The summed E-state index contributed by atoms with van der Waals surface area (Å²) in [6, 6.07) is 0. The van der Waals surface area contributed by atoms with Crippen molar-refractivity contribution in [2.24, 2.45) is 0 Å². The van der Waals surface area contributed by atoms with E-state index in [1.807, 2.05) is 10.9 Å². The molecular formula is C11H15N3OS. The molecule has 1 N–H and O–H groups in total. The molecule has 2 rings (SSSR count). The van der Waals surface area contributed by atoms with Crippen molar-refractivity contribution in [1.82, 2.24) is 14.8 Å². The third kappa shape index (κ3) is 2.68. The smallest absolute Gasteiger partial charge is 0.0869 e. The van der Waals surface area contributed by atoms with E-state index in [4.69, 9.17) is 0 Å². The summed E-state index contributed by atoms with van der Waals surface area (Å²) in [6.45, 7) is 3.00. The summed E-state index contributed by atoms with van der Waals surface area (Å²) in [5.41, 5.74) is 2.66. The van der Waals surface area contributed by atoms with Gasteiger partial charge < -0.3 is 5.11 Å². The first-order valence-corrected chi connectivity index (χ1v) is 6.25. The first-order valence-electron chi connectivity index (χ1n) is 5.37. The van der Waals surface area contributed by atoms with Crippen LogP contribution in [0.15, 0.2) is 24.1 Å². The van der Waals surface area contributed by atoms with Crippen molar-refractivity contribution in [3.8, 4) is 0 Å². The maximum absolute atomic E-state index is 10.00. The second-order valence-corrected chi connectivity index (χ2v) is 4.70. The van der Waals surface area contributed by atoms with Crippen molar-refractivity contribution in [2.45, 2.75) is 32.4 Å². The van der Waals surface area contributed by atoms with Gasteiger partial charge in [0, 0.05) is 35.8 Å². The summed E-state index contributed by atoms with van der Waals surface area (Å²) in [6.07, 6.45) is 6.63. The van der Waals surface area contributed by atoms with Gasteiger partial charge in [-0.15, -0.1) is 11.3 Å². The molecule has 2 heterocycles. The number of aromatic nitrogens is 3. The van der Waals surface area contributed by atoms with Crippen LogP contribution in [0, 0.1) is 0 Å². The van der Waals surface area contributed by atoms with E-state index in [1.165, 1.54) is 0 Å². The number of thiazole rings is 1. The Morgan fingerprint density at radius 2 is 2.38 bits per heavy atom. The van der Waals surface area contributed by atoms with Crippen molar-refractivity contribution < 1.29 is 5.11 Å². The maximum Gasteiger partial charge on any atom is 0.0869 e. The summed E-state index contributed by atoms with van der Waals surface area (Å²) in [7, 11) is 0. The zero-order valence-corrected chi connectivity index (χ0v) is 10.0. The minimum atomic E-state index is -0.481. The highest BCUT2D eigenvalue weighted by molar-refractivity contribution is 7.09. The fraction of sp³-hybridized carbons (Fsp3) is 0.455. The zero-order valence-electron chi connectivity index (χ0n) is 9.21. The lowest BCUT2D eigenvalue weighted by Crippen LogP contribution is -2.00. The van der Waals surface area contributed by atoms with Crippen molar-refractivity contribution in [3.05, 3.63) is 34.5 Å². The Labute approximate surface area is 98.6 Å². The fourth-order valence-electron chi connectivity index (χ4n) is 1.55. The number of aryl methyl sites for hydroxylation is 1. The molecule has 16 heavy (non-hydrogen) atoms. The van der Waals surface area contributed by atoms with Crippen LogP contribution in [0.25, 0.3) is 0 Å². The van der Waals surface area contributed by atoms with Crippen LogP contribution in [-0.4, -0.2) is 19.9 Å². The molecule has 0 saturated carbocycles. The van der Waals surface area contributed by atoms with Gasteiger partial charge >= 0.3 is 0 Å². The third-order valence-electron chi connectivity index (χ3n) is 2.37. The van der Waals surface area contributed by atoms with Crippen LogP contribution in [0.2, 0.25) is 0 Å². The maximum atomic E-state index is 10.00. The lowest BCUT2D eigenvalue weighted by molar-refractivity contribution is 0.179. The molecule has 0 bridgehead atoms. The molecule has 2 aromatic rings. The van der Waals surface area contributed by atoms with Gasteiger partial charge in [-0.1, -0.05) is 6.92 Å². The molecule has 1 unspecified atom stereocenters. The van der Waals surface area contributed by atoms with Crippen LogP contribution in [0.4, 0.5) is 0 Å². The molecule has 0 fully saturated rings. The van der Waals surface area contributed by atoms with Crippen molar-refractivity contribution >= 4 is 11.3 Å². The lowest BCUT2D eigenvalue weighted by Gasteiger charge is -2.05. The number of hydrogen-bond donors (Lipinski definition) is 1. The Bertz CT molecular complexity index is 424. The zero-order chi connectivity index (χ0) is 11.4. The van der Waals surface area contributed by atoms with Gasteiger partial charge in [-0.2, -0.15) is 5.10 Å². The minimum Gasteiger partial charge on any atom is -0.388 e. The molecule has 0 aliphatic carbocycles. The van der Waals surface area contributed by atoms with E-state index >= 15 is 0 Å². The summed E-state index contributed by atoms with van der Waals surface area (Å²) in [5.74, 6) is 0. The van der Waals surface area contributed by atoms with Gasteiger partial charge in [0.25, 0.3) is 0 Å². The van der Waals surface area contributed by atoms with E-state index in [0.29, 0.717) is 6.42 Å². The SMILES string of the molecule is CCCn1cc(C(O)Cc2cncs2)cn1. The largest absolute Gasteiger partial charge is 0.388 e. The highest BCUT2D eigenvalue weighted by atomic mass is 32.1. The second-order valence-electron chi connectivity index (χ2n) is 3.72. The van der Waals surface area contributed by atoms with Crippen molar-refractivity contribution in [1.29, 1.82) is 0 Å². The lowest BCUT2D eigenvalue weighted by atomic mass is 10.1. The van der Waals surface area contributed by atoms with Crippen LogP contribution >= 0.6 is 11.3 Å². The molecule has 4 nitrogen and oxygen atoms in total. The van der Waals surface area contributed by atoms with Gasteiger partial charge in [0.1, 0.15) is 0 Å². The molecule has 0 amide bonds. The molecule has 0 aromatic carbocycles. The number of rotatable bonds is 5. The normalized spacial score (nSPS) is 12.9. The third-order valence-corrected chi connectivity index (χ3v) is 3.17. The molecule has 0 aliphatic heterocycles. The molecular weight excluding hydrogens is 222 g/mol. The number of nitrogens with zero attached hydrogens (tertiary/aromatic N) is 3. The molecule has 1 atom stereocenters. The Kier molecular flexibility index (Phi) is 3.69. The van der Waals surface area contributed by atoms with Gasteiger partial charge in [-0.05, 0) is 6.42 Å². The highest BCUT2D eigenvalue weighted by Gasteiger charge is 2.11. The molecule has 0 spiro atoms. The van der Waals surface area contributed by atoms with Crippen molar-refractivity contribution in [3.63, 3.8) is 0 Å². The van der Waals surface area contributed by atoms with Gasteiger partial charge in [-0.25, -0.2) is 0 Å². The van der Waals surface area contributed by atoms with Crippen LogP contribution in [0.5, 0.6) is 0 Å². The van der Waals surface area contributed by atoms with E-state index in [1.54, 1.807) is 29.2 Å². The van der Waals surface area contributed by atoms with E-state index in [2.05, 4.69) is 17.0 Å². The van der Waals surface area contributed by atoms with E-state index in [9.17, 15) is 5.11 Å². The molecule has 86 valence electrons. The Morgan fingerprint density at radius 3 is 3.06 bits per heavy atom. The number of aliphatic hydroxyl groups is 1. The average molecular weight is 237 g/mol. The van der Waals surface area contributed by atoms with Crippen LogP contribution < -0.4 is 0 Å². The fourth-order valence-corrected chi connectivity index (χ4v) is 2.19. The Morgan fingerprint density at radius 1 is 1.50 bits per heavy atom. The molecule has 0 saturated heterocycles. The molecule has 0 radical (unpaired) electrons. The van der Waals surface area contributed by atoms with Gasteiger partial charge in [0.2, 0.25) is 0 Å². The summed E-state index contributed by atoms with van der Waals surface area (Å²) in [4.78, 5) is 5.08. The first-order chi connectivity index (χ1) is 7.79. The van der Waals surface area contributed by atoms with Gasteiger partial charge in [-0.3, -0.25) is 9.67 Å². The standard InChI is InChI=1S/C11H15N3OS/c1-2-3-14-7-9(5-13-14)11(15)4-10-6-12-8-16-10/h5-8,11,15H,2-4H2,1H3. The first kappa shape index (κ1) is 11.3. The second kappa shape index (κ2) is 5.23. The quantitative estimate of drug-likeness (QED) is 0.865. The average Bonchev–Trinajstić information content (AvgIpc) is 2.89. The highest BCUT2D eigenvalue weighted by Crippen LogP contribution is 2.19. The summed E-state index contributed by atoms with van der Waals surface area (Å²) >= 11 is 1.56. The number of aliphatic hydroxyl groups excluding tert-OH is 1. The van der Waals surface area contributed by atoms with Gasteiger partial charge in [0.15, 0.2) is 0 Å². The van der Waals surface area contributed by atoms with Crippen molar-refractivity contribution in [2.75, 3.05) is 0 Å². The Hall–Kier alpha value is -1.20. The van der Waals surface area contributed by atoms with E-state index in [0.717, 1.165) is 23.4 Å². The predicted octanol–water partition coefficient (Wildman–Crippen LogP) is 2.03. The summed E-state index contributed by atoms with van der Waals surface area (Å²) < 4.78 is 1.87. The van der Waals surface area contributed by atoms with Crippen LogP contribution in [0.1, 0.15) is 29.9 Å². The molecule has 0 aliphatic rings. The van der Waals surface area contributed by atoms with Crippen LogP contribution in [0.3, 0.4) is 0 Å². The number of hydrogen-bond acceptors (Lipinski definition) is 4. The van der Waals surface area contributed by atoms with E-state index < -0.39 is 6.10 Å². The molecule has 5 heteroatoms. The predicted molar refractivity (Wildman–Crippen MR) is 63.3 cm³/mol. The molecule has 2 aromatic heterocycles. The monoisotopic (exact) mass is 237 g/mol. The Balaban J connectivity index is 2.00. The van der Waals surface area contributed by atoms with E-state index in [-0.39, 0.29) is 0 Å².